The summed E-state index contributed by atoms with van der Waals surface area (Å²) < 4.78 is 1.32. The van der Waals surface area contributed by atoms with Gasteiger partial charge >= 0.3 is 6.03 Å². The SMILES string of the molecule is O=C(CSc1nc2ccc([N+](=O)[O-])cc2s1)NC(=O)NC1CCCCC1. The van der Waals surface area contributed by atoms with Crippen molar-refractivity contribution in [2.45, 2.75) is 42.5 Å². The number of nitro groups is 1. The van der Waals surface area contributed by atoms with Crippen molar-refractivity contribution in [3.63, 3.8) is 0 Å². The van der Waals surface area contributed by atoms with Gasteiger partial charge in [-0.15, -0.1) is 11.3 Å². The highest BCUT2D eigenvalue weighted by Gasteiger charge is 2.17. The second-order valence-electron chi connectivity index (χ2n) is 6.03. The van der Waals surface area contributed by atoms with Gasteiger partial charge in [-0.3, -0.25) is 20.2 Å². The number of fused-ring (bicyclic) bond motifs is 1. The van der Waals surface area contributed by atoms with Crippen LogP contribution in [0.15, 0.2) is 22.5 Å². The zero-order valence-corrected chi connectivity index (χ0v) is 15.5. The van der Waals surface area contributed by atoms with Gasteiger partial charge in [0.25, 0.3) is 5.69 Å². The Labute approximate surface area is 157 Å². The number of aromatic nitrogens is 1. The summed E-state index contributed by atoms with van der Waals surface area (Å²) in [5.74, 6) is -0.339. The number of non-ortho nitro benzene ring substituents is 1. The number of carbonyl (C=O) groups excluding carboxylic acids is 2. The molecule has 8 nitrogen and oxygen atoms in total. The molecule has 2 N–H and O–H groups in total. The van der Waals surface area contributed by atoms with E-state index in [1.165, 1.54) is 41.7 Å². The molecule has 138 valence electrons. The first-order chi connectivity index (χ1) is 12.5. The number of nitrogens with zero attached hydrogens (tertiary/aromatic N) is 2. The second kappa shape index (κ2) is 8.45. The number of nitrogens with one attached hydrogen (secondary N) is 2. The number of hydrogen-bond acceptors (Lipinski definition) is 7. The molecule has 0 aliphatic heterocycles. The molecule has 1 saturated carbocycles. The Bertz CT molecular complexity index is 833. The monoisotopic (exact) mass is 394 g/mol. The number of hydrogen-bond donors (Lipinski definition) is 2. The highest BCUT2D eigenvalue weighted by atomic mass is 32.2. The molecule has 0 bridgehead atoms. The normalized spacial score (nSPS) is 14.9. The first kappa shape index (κ1) is 18.6. The molecule has 26 heavy (non-hydrogen) atoms. The Morgan fingerprint density at radius 1 is 1.31 bits per heavy atom. The fraction of sp³-hybridized carbons (Fsp3) is 0.438. The molecule has 1 aromatic carbocycles. The fourth-order valence-corrected chi connectivity index (χ4v) is 4.73. The van der Waals surface area contributed by atoms with Crippen molar-refractivity contribution >= 4 is 50.9 Å². The second-order valence-corrected chi connectivity index (χ2v) is 8.29. The molecule has 0 radical (unpaired) electrons. The zero-order chi connectivity index (χ0) is 18.5. The Morgan fingerprint density at radius 2 is 2.08 bits per heavy atom. The smallest absolute Gasteiger partial charge is 0.321 e. The van der Waals surface area contributed by atoms with Crippen molar-refractivity contribution in [1.29, 1.82) is 0 Å². The van der Waals surface area contributed by atoms with Crippen molar-refractivity contribution in [3.8, 4) is 0 Å². The third-order valence-electron chi connectivity index (χ3n) is 4.08. The Morgan fingerprint density at radius 3 is 2.81 bits per heavy atom. The van der Waals surface area contributed by atoms with E-state index in [9.17, 15) is 19.7 Å². The van der Waals surface area contributed by atoms with E-state index in [2.05, 4.69) is 15.6 Å². The molecule has 3 amide bonds. The Hall–Kier alpha value is -2.20. The summed E-state index contributed by atoms with van der Waals surface area (Å²) in [7, 11) is 0. The Kier molecular flexibility index (Phi) is 6.04. The first-order valence-electron chi connectivity index (χ1n) is 8.29. The van der Waals surface area contributed by atoms with E-state index in [0.29, 0.717) is 14.6 Å². The maximum Gasteiger partial charge on any atom is 0.321 e. The molecule has 1 aliphatic carbocycles. The molecule has 0 saturated heterocycles. The topological polar surface area (TPSA) is 114 Å². The number of carbonyl (C=O) groups is 2. The molecule has 1 fully saturated rings. The molecular weight excluding hydrogens is 376 g/mol. The fourth-order valence-electron chi connectivity index (χ4n) is 2.83. The van der Waals surface area contributed by atoms with E-state index in [-0.39, 0.29) is 17.5 Å². The number of amides is 3. The van der Waals surface area contributed by atoms with E-state index in [4.69, 9.17) is 0 Å². The van der Waals surface area contributed by atoms with Crippen LogP contribution in [0.3, 0.4) is 0 Å². The number of imide groups is 1. The minimum Gasteiger partial charge on any atom is -0.335 e. The lowest BCUT2D eigenvalue weighted by Crippen LogP contribution is -2.45. The van der Waals surface area contributed by atoms with Crippen LogP contribution < -0.4 is 10.6 Å². The summed E-state index contributed by atoms with van der Waals surface area (Å²) in [6.07, 6.45) is 5.30. The molecular formula is C16H18N4O4S2. The van der Waals surface area contributed by atoms with Gasteiger partial charge in [0.05, 0.1) is 20.9 Å². The molecule has 1 aliphatic rings. The van der Waals surface area contributed by atoms with Crippen molar-refractivity contribution in [2.75, 3.05) is 5.75 Å². The van der Waals surface area contributed by atoms with Crippen LogP contribution in [0.1, 0.15) is 32.1 Å². The minimum atomic E-state index is -0.456. The van der Waals surface area contributed by atoms with Gasteiger partial charge in [-0.25, -0.2) is 9.78 Å². The van der Waals surface area contributed by atoms with Crippen LogP contribution in [-0.4, -0.2) is 33.6 Å². The van der Waals surface area contributed by atoms with Crippen LogP contribution in [0.25, 0.3) is 10.2 Å². The number of urea groups is 1. The maximum absolute atomic E-state index is 11.9. The highest BCUT2D eigenvalue weighted by Crippen LogP contribution is 2.31. The summed E-state index contributed by atoms with van der Waals surface area (Å²) in [5, 5.41) is 16.0. The third kappa shape index (κ3) is 4.92. The van der Waals surface area contributed by atoms with Crippen LogP contribution in [0, 0.1) is 10.1 Å². The summed E-state index contributed by atoms with van der Waals surface area (Å²) in [5.41, 5.74) is 0.661. The van der Waals surface area contributed by atoms with Crippen LogP contribution in [-0.2, 0) is 4.79 Å². The van der Waals surface area contributed by atoms with E-state index < -0.39 is 16.9 Å². The number of nitro benzene ring substituents is 1. The molecule has 2 aromatic rings. The zero-order valence-electron chi connectivity index (χ0n) is 13.9. The van der Waals surface area contributed by atoms with Gasteiger partial charge in [-0.2, -0.15) is 0 Å². The molecule has 0 spiro atoms. The van der Waals surface area contributed by atoms with E-state index in [0.717, 1.165) is 25.7 Å². The van der Waals surface area contributed by atoms with E-state index in [1.807, 2.05) is 0 Å². The van der Waals surface area contributed by atoms with Crippen molar-refractivity contribution in [3.05, 3.63) is 28.3 Å². The van der Waals surface area contributed by atoms with Crippen LogP contribution in [0.4, 0.5) is 10.5 Å². The maximum atomic E-state index is 11.9. The van der Waals surface area contributed by atoms with Gasteiger partial charge in [0.2, 0.25) is 5.91 Å². The van der Waals surface area contributed by atoms with Crippen LogP contribution in [0.2, 0.25) is 0 Å². The molecule has 0 unspecified atom stereocenters. The van der Waals surface area contributed by atoms with Gasteiger partial charge in [0.15, 0.2) is 4.34 Å². The van der Waals surface area contributed by atoms with Crippen molar-refractivity contribution < 1.29 is 14.5 Å². The lowest BCUT2D eigenvalue weighted by atomic mass is 9.96. The van der Waals surface area contributed by atoms with Gasteiger partial charge in [0.1, 0.15) is 0 Å². The summed E-state index contributed by atoms with van der Waals surface area (Å²) >= 11 is 2.49. The molecule has 0 atom stereocenters. The standard InChI is InChI=1S/C16H18N4O4S2/c21-14(19-15(22)17-10-4-2-1-3-5-10)9-25-16-18-12-7-6-11(20(23)24)8-13(12)26-16/h6-8,10H,1-5,9H2,(H2,17,19,21,22). The van der Waals surface area contributed by atoms with Crippen LogP contribution in [0.5, 0.6) is 0 Å². The van der Waals surface area contributed by atoms with E-state index in [1.54, 1.807) is 6.07 Å². The lowest BCUT2D eigenvalue weighted by molar-refractivity contribution is -0.384. The number of benzene rings is 1. The Balaban J connectivity index is 1.50. The lowest BCUT2D eigenvalue weighted by Gasteiger charge is -2.22. The number of rotatable bonds is 5. The number of thioether (sulfide) groups is 1. The third-order valence-corrected chi connectivity index (χ3v) is 6.24. The predicted octanol–water partition coefficient (Wildman–Crippen LogP) is 3.46. The van der Waals surface area contributed by atoms with Crippen LogP contribution >= 0.6 is 23.1 Å². The number of thiazole rings is 1. The van der Waals surface area contributed by atoms with Gasteiger partial charge in [0, 0.05) is 18.2 Å². The van der Waals surface area contributed by atoms with Crippen molar-refractivity contribution in [2.24, 2.45) is 0 Å². The summed E-state index contributed by atoms with van der Waals surface area (Å²) in [6, 6.07) is 4.14. The summed E-state index contributed by atoms with van der Waals surface area (Å²) in [6.45, 7) is 0. The summed E-state index contributed by atoms with van der Waals surface area (Å²) in [4.78, 5) is 38.5. The van der Waals surface area contributed by atoms with Gasteiger partial charge < -0.3 is 5.32 Å². The first-order valence-corrected chi connectivity index (χ1v) is 10.1. The molecule has 10 heteroatoms. The van der Waals surface area contributed by atoms with E-state index >= 15 is 0 Å². The van der Waals surface area contributed by atoms with Gasteiger partial charge in [-0.05, 0) is 18.9 Å². The van der Waals surface area contributed by atoms with Crippen molar-refractivity contribution in [1.82, 2.24) is 15.6 Å². The minimum absolute atomic E-state index is 0.00910. The average Bonchev–Trinajstić information content (AvgIpc) is 3.02. The van der Waals surface area contributed by atoms with Gasteiger partial charge in [-0.1, -0.05) is 31.0 Å². The molecule has 3 rings (SSSR count). The average molecular weight is 394 g/mol. The quantitative estimate of drug-likeness (QED) is 0.456. The molecule has 1 aromatic heterocycles. The predicted molar refractivity (Wildman–Crippen MR) is 101 cm³/mol. The highest BCUT2D eigenvalue weighted by molar-refractivity contribution is 8.01. The molecule has 1 heterocycles. The largest absolute Gasteiger partial charge is 0.335 e.